The van der Waals surface area contributed by atoms with Crippen molar-refractivity contribution in [3.63, 3.8) is 0 Å². The van der Waals surface area contributed by atoms with Gasteiger partial charge in [0.2, 0.25) is 0 Å². The Morgan fingerprint density at radius 3 is 2.81 bits per heavy atom. The minimum Gasteiger partial charge on any atom is -0.310 e. The van der Waals surface area contributed by atoms with Gasteiger partial charge in [0.25, 0.3) is 5.69 Å². The maximum Gasteiger partial charge on any atom is 0.274 e. The van der Waals surface area contributed by atoms with Crippen molar-refractivity contribution in [2.75, 3.05) is 6.54 Å². The number of rotatable bonds is 5. The van der Waals surface area contributed by atoms with Crippen molar-refractivity contribution in [3.05, 3.63) is 39.9 Å². The Kier molecular flexibility index (Phi) is 3.19. The Morgan fingerprint density at radius 1 is 1.50 bits per heavy atom. The molecule has 1 aromatic rings. The predicted octanol–water partition coefficient (Wildman–Crippen LogP) is 2.66. The highest BCUT2D eigenvalue weighted by Crippen LogP contribution is 2.30. The topological polar surface area (TPSA) is 55.2 Å². The van der Waals surface area contributed by atoms with Gasteiger partial charge in [-0.3, -0.25) is 10.1 Å². The first-order valence-electron chi connectivity index (χ1n) is 5.65. The highest BCUT2D eigenvalue weighted by molar-refractivity contribution is 5.41. The quantitative estimate of drug-likeness (QED) is 0.613. The van der Waals surface area contributed by atoms with E-state index in [0.717, 1.165) is 18.0 Å². The molecule has 0 aliphatic heterocycles. The molecule has 86 valence electrons. The lowest BCUT2D eigenvalue weighted by molar-refractivity contribution is -0.385. The molecule has 1 aromatic carbocycles. The molecule has 1 aliphatic carbocycles. The summed E-state index contributed by atoms with van der Waals surface area (Å²) in [5, 5.41) is 14.2. The smallest absolute Gasteiger partial charge is 0.274 e. The Bertz CT molecular complexity index is 388. The molecule has 0 aromatic heterocycles. The van der Waals surface area contributed by atoms with E-state index < -0.39 is 0 Å². The summed E-state index contributed by atoms with van der Waals surface area (Å²) in [7, 11) is 0. The lowest BCUT2D eigenvalue weighted by Crippen LogP contribution is -2.21. The fourth-order valence-corrected chi connectivity index (χ4v) is 1.80. The van der Waals surface area contributed by atoms with E-state index >= 15 is 0 Å². The molecule has 1 unspecified atom stereocenters. The molecule has 0 heterocycles. The maximum absolute atomic E-state index is 10.9. The highest BCUT2D eigenvalue weighted by Gasteiger charge is 2.23. The fraction of sp³-hybridized carbons (Fsp3) is 0.500. The zero-order valence-corrected chi connectivity index (χ0v) is 9.35. The molecule has 0 radical (unpaired) electrons. The third-order valence-corrected chi connectivity index (χ3v) is 3.01. The molecule has 0 saturated heterocycles. The van der Waals surface area contributed by atoms with E-state index in [1.807, 2.05) is 19.1 Å². The van der Waals surface area contributed by atoms with Crippen LogP contribution in [-0.2, 0) is 0 Å². The Labute approximate surface area is 94.8 Å². The van der Waals surface area contributed by atoms with Crippen LogP contribution in [0.15, 0.2) is 24.3 Å². The Morgan fingerprint density at radius 2 is 2.19 bits per heavy atom. The summed E-state index contributed by atoms with van der Waals surface area (Å²) in [6.07, 6.45) is 2.58. The first-order valence-corrected chi connectivity index (χ1v) is 5.65. The van der Waals surface area contributed by atoms with Crippen molar-refractivity contribution in [2.24, 2.45) is 5.92 Å². The van der Waals surface area contributed by atoms with Gasteiger partial charge in [0.05, 0.1) is 4.92 Å². The largest absolute Gasteiger partial charge is 0.310 e. The molecule has 1 aliphatic rings. The Balaban J connectivity index is 2.07. The van der Waals surface area contributed by atoms with Crippen LogP contribution in [0.1, 0.15) is 31.4 Å². The van der Waals surface area contributed by atoms with Gasteiger partial charge in [-0.2, -0.15) is 0 Å². The van der Waals surface area contributed by atoms with Gasteiger partial charge in [0, 0.05) is 17.7 Å². The number of hydrogen-bond donors (Lipinski definition) is 1. The van der Waals surface area contributed by atoms with Crippen LogP contribution in [0.2, 0.25) is 0 Å². The van der Waals surface area contributed by atoms with Gasteiger partial charge < -0.3 is 5.32 Å². The molecule has 16 heavy (non-hydrogen) atoms. The van der Waals surface area contributed by atoms with E-state index in [1.165, 1.54) is 12.8 Å². The van der Waals surface area contributed by atoms with Crippen LogP contribution >= 0.6 is 0 Å². The SMILES string of the molecule is CC(NCC1CC1)c1ccccc1[N+](=O)[O-]. The molecule has 4 heteroatoms. The molecule has 0 amide bonds. The number of nitro benzene ring substituents is 1. The lowest BCUT2D eigenvalue weighted by Gasteiger charge is -2.13. The lowest BCUT2D eigenvalue weighted by atomic mass is 10.1. The van der Waals surface area contributed by atoms with E-state index in [9.17, 15) is 10.1 Å². The first-order chi connectivity index (χ1) is 7.68. The molecule has 0 spiro atoms. The fourth-order valence-electron chi connectivity index (χ4n) is 1.80. The molecular formula is C12H16N2O2. The molecule has 1 N–H and O–H groups in total. The second kappa shape index (κ2) is 4.61. The third-order valence-electron chi connectivity index (χ3n) is 3.01. The summed E-state index contributed by atoms with van der Waals surface area (Å²) < 4.78 is 0. The van der Waals surface area contributed by atoms with E-state index in [4.69, 9.17) is 0 Å². The second-order valence-electron chi connectivity index (χ2n) is 4.39. The third kappa shape index (κ3) is 2.58. The van der Waals surface area contributed by atoms with Crippen molar-refractivity contribution >= 4 is 5.69 Å². The zero-order valence-electron chi connectivity index (χ0n) is 9.35. The number of benzene rings is 1. The van der Waals surface area contributed by atoms with E-state index in [-0.39, 0.29) is 16.7 Å². The van der Waals surface area contributed by atoms with Crippen molar-refractivity contribution in [2.45, 2.75) is 25.8 Å². The average molecular weight is 220 g/mol. The molecule has 4 nitrogen and oxygen atoms in total. The number of nitro groups is 1. The van der Waals surface area contributed by atoms with Gasteiger partial charge in [-0.1, -0.05) is 18.2 Å². The number of hydrogen-bond acceptors (Lipinski definition) is 3. The van der Waals surface area contributed by atoms with Gasteiger partial charge in [-0.05, 0) is 32.2 Å². The summed E-state index contributed by atoms with van der Waals surface area (Å²) >= 11 is 0. The summed E-state index contributed by atoms with van der Waals surface area (Å²) in [5.74, 6) is 0.783. The maximum atomic E-state index is 10.9. The van der Waals surface area contributed by atoms with Crippen LogP contribution in [-0.4, -0.2) is 11.5 Å². The van der Waals surface area contributed by atoms with Crippen LogP contribution in [0.3, 0.4) is 0 Å². The van der Waals surface area contributed by atoms with Crippen LogP contribution < -0.4 is 5.32 Å². The standard InChI is InChI=1S/C12H16N2O2/c1-9(13-8-10-6-7-10)11-4-2-3-5-12(11)14(15)16/h2-5,9-10,13H,6-8H2,1H3. The van der Waals surface area contributed by atoms with E-state index in [2.05, 4.69) is 5.32 Å². The van der Waals surface area contributed by atoms with Gasteiger partial charge in [0.15, 0.2) is 0 Å². The minimum atomic E-state index is -0.315. The van der Waals surface area contributed by atoms with Crippen LogP contribution in [0, 0.1) is 16.0 Å². The summed E-state index contributed by atoms with van der Waals surface area (Å²) in [5.41, 5.74) is 0.978. The number of nitrogens with zero attached hydrogens (tertiary/aromatic N) is 1. The average Bonchev–Trinajstić information content (AvgIpc) is 3.09. The van der Waals surface area contributed by atoms with Crippen molar-refractivity contribution in [1.29, 1.82) is 0 Å². The molecule has 1 saturated carbocycles. The van der Waals surface area contributed by atoms with Gasteiger partial charge >= 0.3 is 0 Å². The van der Waals surface area contributed by atoms with Crippen molar-refractivity contribution in [3.8, 4) is 0 Å². The van der Waals surface area contributed by atoms with Crippen LogP contribution in [0.25, 0.3) is 0 Å². The number of nitrogens with one attached hydrogen (secondary N) is 1. The molecule has 1 atom stereocenters. The minimum absolute atomic E-state index is 0.0437. The second-order valence-corrected chi connectivity index (χ2v) is 4.39. The molecule has 2 rings (SSSR count). The van der Waals surface area contributed by atoms with E-state index in [1.54, 1.807) is 12.1 Å². The monoisotopic (exact) mass is 220 g/mol. The zero-order chi connectivity index (χ0) is 11.5. The van der Waals surface area contributed by atoms with Crippen molar-refractivity contribution in [1.82, 2.24) is 5.32 Å². The first kappa shape index (κ1) is 11.1. The van der Waals surface area contributed by atoms with Gasteiger partial charge in [-0.15, -0.1) is 0 Å². The van der Waals surface area contributed by atoms with E-state index in [0.29, 0.717) is 0 Å². The highest BCUT2D eigenvalue weighted by atomic mass is 16.6. The van der Waals surface area contributed by atoms with Gasteiger partial charge in [0.1, 0.15) is 0 Å². The summed E-state index contributed by atoms with van der Waals surface area (Å²) in [4.78, 5) is 10.5. The van der Waals surface area contributed by atoms with Gasteiger partial charge in [-0.25, -0.2) is 0 Å². The molecule has 0 bridgehead atoms. The van der Waals surface area contributed by atoms with Crippen molar-refractivity contribution < 1.29 is 4.92 Å². The molecule has 1 fully saturated rings. The normalized spacial score (nSPS) is 17.1. The van der Waals surface area contributed by atoms with Crippen LogP contribution in [0.4, 0.5) is 5.69 Å². The van der Waals surface area contributed by atoms with Crippen LogP contribution in [0.5, 0.6) is 0 Å². The Hall–Kier alpha value is -1.42. The number of para-hydroxylation sites is 1. The summed E-state index contributed by atoms with van der Waals surface area (Å²) in [6.45, 7) is 2.94. The predicted molar refractivity (Wildman–Crippen MR) is 62.2 cm³/mol. The summed E-state index contributed by atoms with van der Waals surface area (Å²) in [6, 6.07) is 6.97. The molecular weight excluding hydrogens is 204 g/mol.